The van der Waals surface area contributed by atoms with Gasteiger partial charge in [0.1, 0.15) is 5.75 Å². The van der Waals surface area contributed by atoms with Gasteiger partial charge in [-0.1, -0.05) is 19.8 Å². The predicted molar refractivity (Wildman–Crippen MR) is 84.9 cm³/mol. The van der Waals surface area contributed by atoms with E-state index in [2.05, 4.69) is 6.92 Å². The zero-order valence-electron chi connectivity index (χ0n) is 13.1. The molecule has 0 aliphatic heterocycles. The van der Waals surface area contributed by atoms with Gasteiger partial charge >= 0.3 is 0 Å². The third kappa shape index (κ3) is 4.98. The van der Waals surface area contributed by atoms with Crippen LogP contribution in [0.4, 0.5) is 0 Å². The van der Waals surface area contributed by atoms with E-state index in [-0.39, 0.29) is 17.5 Å². The van der Waals surface area contributed by atoms with Crippen molar-refractivity contribution in [3.05, 3.63) is 24.3 Å². The zero-order chi connectivity index (χ0) is 15.9. The normalized spacial score (nSPS) is 13.4. The minimum Gasteiger partial charge on any atom is -0.494 e. The van der Waals surface area contributed by atoms with Crippen molar-refractivity contribution in [1.29, 1.82) is 0 Å². The summed E-state index contributed by atoms with van der Waals surface area (Å²) < 4.78 is 31.6. The van der Waals surface area contributed by atoms with Crippen LogP contribution in [0, 0.1) is 0 Å². The molecule has 0 saturated heterocycles. The molecule has 1 aromatic carbocycles. The molecule has 1 aromatic rings. The van der Waals surface area contributed by atoms with E-state index in [9.17, 15) is 8.42 Å². The van der Waals surface area contributed by atoms with Crippen LogP contribution in [-0.2, 0) is 10.0 Å². The van der Waals surface area contributed by atoms with Gasteiger partial charge in [0.2, 0.25) is 10.0 Å². The number of likely N-dealkylation sites (N-methyl/N-ethyl adjacent to an activating group) is 1. The van der Waals surface area contributed by atoms with Crippen LogP contribution in [0.2, 0.25) is 0 Å². The number of rotatable bonds is 9. The zero-order valence-corrected chi connectivity index (χ0v) is 13.9. The third-order valence-corrected chi connectivity index (χ3v) is 5.47. The molecule has 0 bridgehead atoms. The standard InChI is InChI=1S/C15H26N2O3S/c1-4-5-6-11-20-14-7-9-15(10-8-14)21(18,19)17(3)13(2)12-16/h7-10,13H,4-6,11-12,16H2,1-3H3. The summed E-state index contributed by atoms with van der Waals surface area (Å²) in [6.45, 7) is 4.86. The average molecular weight is 314 g/mol. The number of hydrogen-bond donors (Lipinski definition) is 1. The average Bonchev–Trinajstić information content (AvgIpc) is 2.50. The van der Waals surface area contributed by atoms with Gasteiger partial charge in [-0.25, -0.2) is 8.42 Å². The van der Waals surface area contributed by atoms with Gasteiger partial charge < -0.3 is 10.5 Å². The van der Waals surface area contributed by atoms with Gasteiger partial charge in [0.15, 0.2) is 0 Å². The number of ether oxygens (including phenoxy) is 1. The van der Waals surface area contributed by atoms with Crippen LogP contribution in [0.1, 0.15) is 33.1 Å². The molecule has 0 radical (unpaired) electrons. The largest absolute Gasteiger partial charge is 0.494 e. The van der Waals surface area contributed by atoms with Crippen LogP contribution in [0.5, 0.6) is 5.75 Å². The fraction of sp³-hybridized carbons (Fsp3) is 0.600. The third-order valence-electron chi connectivity index (χ3n) is 3.48. The Morgan fingerprint density at radius 2 is 1.86 bits per heavy atom. The first-order valence-electron chi connectivity index (χ1n) is 7.34. The molecule has 120 valence electrons. The lowest BCUT2D eigenvalue weighted by molar-refractivity contribution is 0.306. The van der Waals surface area contributed by atoms with E-state index in [0.717, 1.165) is 19.3 Å². The smallest absolute Gasteiger partial charge is 0.243 e. The molecular formula is C15H26N2O3S. The van der Waals surface area contributed by atoms with Crippen LogP contribution in [-0.4, -0.2) is 39.0 Å². The van der Waals surface area contributed by atoms with E-state index >= 15 is 0 Å². The summed E-state index contributed by atoms with van der Waals surface area (Å²) in [5, 5.41) is 0. The van der Waals surface area contributed by atoms with Crippen molar-refractivity contribution in [1.82, 2.24) is 4.31 Å². The molecule has 2 N–H and O–H groups in total. The molecule has 0 aliphatic carbocycles. The molecule has 0 saturated carbocycles. The molecule has 5 nitrogen and oxygen atoms in total. The van der Waals surface area contributed by atoms with Gasteiger partial charge in [-0.3, -0.25) is 0 Å². The van der Waals surface area contributed by atoms with Crippen LogP contribution >= 0.6 is 0 Å². The summed E-state index contributed by atoms with van der Waals surface area (Å²) >= 11 is 0. The first kappa shape index (κ1) is 17.9. The first-order valence-corrected chi connectivity index (χ1v) is 8.78. The van der Waals surface area contributed by atoms with Crippen LogP contribution in [0.25, 0.3) is 0 Å². The highest BCUT2D eigenvalue weighted by Gasteiger charge is 2.24. The van der Waals surface area contributed by atoms with Crippen molar-refractivity contribution < 1.29 is 13.2 Å². The number of benzene rings is 1. The number of unbranched alkanes of at least 4 members (excludes halogenated alkanes) is 2. The number of sulfonamides is 1. The summed E-state index contributed by atoms with van der Waals surface area (Å²) in [6, 6.07) is 6.30. The lowest BCUT2D eigenvalue weighted by Gasteiger charge is -2.23. The minimum atomic E-state index is -3.50. The molecule has 0 aliphatic rings. The van der Waals surface area contributed by atoms with E-state index in [0.29, 0.717) is 12.4 Å². The van der Waals surface area contributed by atoms with Crippen molar-refractivity contribution in [3.8, 4) is 5.75 Å². The van der Waals surface area contributed by atoms with E-state index in [1.165, 1.54) is 4.31 Å². The molecule has 0 heterocycles. The molecule has 1 atom stereocenters. The fourth-order valence-electron chi connectivity index (χ4n) is 1.80. The molecule has 0 fully saturated rings. The Bertz CT molecular complexity index is 514. The van der Waals surface area contributed by atoms with Crippen molar-refractivity contribution in [2.45, 2.75) is 44.0 Å². The lowest BCUT2D eigenvalue weighted by atomic mass is 10.3. The van der Waals surface area contributed by atoms with Crippen molar-refractivity contribution in [2.75, 3.05) is 20.2 Å². The predicted octanol–water partition coefficient (Wildman–Crippen LogP) is 2.22. The van der Waals surface area contributed by atoms with E-state index < -0.39 is 10.0 Å². The number of hydrogen-bond acceptors (Lipinski definition) is 4. The Morgan fingerprint density at radius 1 is 1.24 bits per heavy atom. The van der Waals surface area contributed by atoms with Crippen LogP contribution < -0.4 is 10.5 Å². The topological polar surface area (TPSA) is 72.6 Å². The second-order valence-electron chi connectivity index (χ2n) is 5.13. The molecular weight excluding hydrogens is 288 g/mol. The van der Waals surface area contributed by atoms with Crippen molar-refractivity contribution in [2.24, 2.45) is 5.73 Å². The van der Waals surface area contributed by atoms with Gasteiger partial charge in [-0.05, 0) is 37.6 Å². The Morgan fingerprint density at radius 3 is 2.38 bits per heavy atom. The fourth-order valence-corrected chi connectivity index (χ4v) is 3.17. The lowest BCUT2D eigenvalue weighted by Crippen LogP contribution is -2.39. The van der Waals surface area contributed by atoms with Gasteiger partial charge in [0, 0.05) is 19.6 Å². The maximum absolute atomic E-state index is 12.4. The summed E-state index contributed by atoms with van der Waals surface area (Å²) in [5.74, 6) is 0.694. The molecule has 0 aromatic heterocycles. The van der Waals surface area contributed by atoms with Crippen LogP contribution in [0.3, 0.4) is 0 Å². The molecule has 21 heavy (non-hydrogen) atoms. The Labute approximate surface area is 128 Å². The monoisotopic (exact) mass is 314 g/mol. The summed E-state index contributed by atoms with van der Waals surface area (Å²) in [5.41, 5.74) is 5.53. The Kier molecular flexibility index (Phi) is 7.14. The van der Waals surface area contributed by atoms with E-state index in [4.69, 9.17) is 10.5 Å². The Balaban J connectivity index is 2.73. The van der Waals surface area contributed by atoms with Gasteiger partial charge in [0.25, 0.3) is 0 Å². The van der Waals surface area contributed by atoms with Crippen molar-refractivity contribution >= 4 is 10.0 Å². The molecule has 1 rings (SSSR count). The van der Waals surface area contributed by atoms with Gasteiger partial charge in [0.05, 0.1) is 11.5 Å². The number of nitrogens with zero attached hydrogens (tertiary/aromatic N) is 1. The maximum atomic E-state index is 12.4. The molecule has 6 heteroatoms. The first-order chi connectivity index (χ1) is 9.93. The second-order valence-corrected chi connectivity index (χ2v) is 7.13. The molecule has 0 amide bonds. The summed E-state index contributed by atoms with van der Waals surface area (Å²) in [6.07, 6.45) is 3.29. The van der Waals surface area contributed by atoms with Gasteiger partial charge in [-0.2, -0.15) is 4.31 Å². The van der Waals surface area contributed by atoms with E-state index in [1.54, 1.807) is 38.2 Å². The molecule has 1 unspecified atom stereocenters. The maximum Gasteiger partial charge on any atom is 0.243 e. The highest BCUT2D eigenvalue weighted by Crippen LogP contribution is 2.20. The summed E-state index contributed by atoms with van der Waals surface area (Å²) in [7, 11) is -1.95. The van der Waals surface area contributed by atoms with Gasteiger partial charge in [-0.15, -0.1) is 0 Å². The van der Waals surface area contributed by atoms with E-state index in [1.807, 2.05) is 0 Å². The quantitative estimate of drug-likeness (QED) is 0.709. The number of nitrogens with two attached hydrogens (primary N) is 1. The minimum absolute atomic E-state index is 0.236. The highest BCUT2D eigenvalue weighted by molar-refractivity contribution is 7.89. The second kappa shape index (κ2) is 8.36. The molecule has 0 spiro atoms. The van der Waals surface area contributed by atoms with Crippen LogP contribution in [0.15, 0.2) is 29.2 Å². The van der Waals surface area contributed by atoms with Crippen molar-refractivity contribution in [3.63, 3.8) is 0 Å². The SMILES string of the molecule is CCCCCOc1ccc(S(=O)(=O)N(C)C(C)CN)cc1. The Hall–Kier alpha value is -1.11. The summed E-state index contributed by atoms with van der Waals surface area (Å²) in [4.78, 5) is 0.256. The highest BCUT2D eigenvalue weighted by atomic mass is 32.2.